The molecule has 1 aromatic rings. The molecule has 1 rings (SSSR count). The monoisotopic (exact) mass is 310 g/mol. The minimum atomic E-state index is 0.658. The first-order chi connectivity index (χ1) is 8.76. The molecule has 0 bridgehead atoms. The molecule has 0 aromatic heterocycles. The second kappa shape index (κ2) is 8.96. The first kappa shape index (κ1) is 15.0. The molecule has 98 valence electrons. The summed E-state index contributed by atoms with van der Waals surface area (Å²) in [5, 5.41) is 12.1. The van der Waals surface area contributed by atoms with Gasteiger partial charge in [0, 0.05) is 29.9 Å². The number of halogens is 1. The van der Waals surface area contributed by atoms with Crippen molar-refractivity contribution in [3.63, 3.8) is 0 Å². The largest absolute Gasteiger partial charge is 0.385 e. The van der Waals surface area contributed by atoms with E-state index in [1.807, 2.05) is 12.1 Å². The Morgan fingerprint density at radius 3 is 2.78 bits per heavy atom. The number of unbranched alkanes of at least 4 members (excludes halogenated alkanes) is 1. The number of hydrogen-bond donors (Lipinski definition) is 1. The molecule has 0 aliphatic heterocycles. The van der Waals surface area contributed by atoms with E-state index in [1.54, 1.807) is 6.07 Å². The van der Waals surface area contributed by atoms with E-state index in [9.17, 15) is 0 Å². The Balaban J connectivity index is 2.23. The molecule has 18 heavy (non-hydrogen) atoms. The third-order valence-corrected chi connectivity index (χ3v) is 2.92. The molecular weight excluding hydrogens is 292 g/mol. The number of ether oxygens (including phenoxy) is 1. The Morgan fingerprint density at radius 2 is 2.06 bits per heavy atom. The van der Waals surface area contributed by atoms with Gasteiger partial charge in [-0.2, -0.15) is 5.26 Å². The van der Waals surface area contributed by atoms with Crippen molar-refractivity contribution in [2.45, 2.75) is 26.2 Å². The van der Waals surface area contributed by atoms with Gasteiger partial charge in [-0.05, 0) is 31.0 Å². The zero-order valence-electron chi connectivity index (χ0n) is 10.7. The lowest BCUT2D eigenvalue weighted by atomic mass is 10.2. The Labute approximate surface area is 117 Å². The van der Waals surface area contributed by atoms with Crippen molar-refractivity contribution in [1.82, 2.24) is 0 Å². The van der Waals surface area contributed by atoms with Crippen molar-refractivity contribution >= 4 is 21.6 Å². The molecule has 0 atom stereocenters. The van der Waals surface area contributed by atoms with E-state index in [2.05, 4.69) is 34.2 Å². The maximum atomic E-state index is 8.86. The number of rotatable bonds is 8. The van der Waals surface area contributed by atoms with Gasteiger partial charge >= 0.3 is 0 Å². The summed E-state index contributed by atoms with van der Waals surface area (Å²) in [5.41, 5.74) is 1.63. The maximum absolute atomic E-state index is 8.86. The third kappa shape index (κ3) is 6.04. The van der Waals surface area contributed by atoms with E-state index in [-0.39, 0.29) is 0 Å². The average Bonchev–Trinajstić information content (AvgIpc) is 2.37. The summed E-state index contributed by atoms with van der Waals surface area (Å²) < 4.78 is 6.40. The molecule has 0 fully saturated rings. The number of hydrogen-bond acceptors (Lipinski definition) is 3. The standard InChI is InChI=1S/C14H19BrN2O/c1-2-3-6-18-7-4-5-17-14-9-12(11-16)8-13(15)10-14/h8-10,17H,2-7H2,1H3. The van der Waals surface area contributed by atoms with Crippen LogP contribution in [0, 0.1) is 11.3 Å². The SMILES string of the molecule is CCCCOCCCNc1cc(Br)cc(C#N)c1. The summed E-state index contributed by atoms with van der Waals surface area (Å²) in [6.45, 7) is 4.65. The smallest absolute Gasteiger partial charge is 0.0992 e. The number of benzene rings is 1. The normalized spacial score (nSPS) is 10.1. The molecule has 0 unspecified atom stereocenters. The van der Waals surface area contributed by atoms with Gasteiger partial charge < -0.3 is 10.1 Å². The third-order valence-electron chi connectivity index (χ3n) is 2.46. The van der Waals surface area contributed by atoms with Gasteiger partial charge in [0.2, 0.25) is 0 Å². The van der Waals surface area contributed by atoms with Crippen molar-refractivity contribution in [2.24, 2.45) is 0 Å². The highest BCUT2D eigenvalue weighted by Crippen LogP contribution is 2.19. The highest BCUT2D eigenvalue weighted by Gasteiger charge is 1.98. The maximum Gasteiger partial charge on any atom is 0.0992 e. The molecule has 0 spiro atoms. The molecule has 0 heterocycles. The molecule has 0 radical (unpaired) electrons. The van der Waals surface area contributed by atoms with E-state index in [0.29, 0.717) is 5.56 Å². The minimum absolute atomic E-state index is 0.658. The second-order valence-electron chi connectivity index (χ2n) is 4.09. The zero-order valence-corrected chi connectivity index (χ0v) is 12.3. The van der Waals surface area contributed by atoms with Crippen molar-refractivity contribution in [1.29, 1.82) is 5.26 Å². The van der Waals surface area contributed by atoms with Crippen molar-refractivity contribution in [2.75, 3.05) is 25.1 Å². The molecule has 0 saturated heterocycles. The van der Waals surface area contributed by atoms with Crippen molar-refractivity contribution < 1.29 is 4.74 Å². The van der Waals surface area contributed by atoms with E-state index in [0.717, 1.165) is 42.8 Å². The van der Waals surface area contributed by atoms with Crippen LogP contribution in [-0.4, -0.2) is 19.8 Å². The van der Waals surface area contributed by atoms with Gasteiger partial charge in [0.05, 0.1) is 11.6 Å². The highest BCUT2D eigenvalue weighted by atomic mass is 79.9. The highest BCUT2D eigenvalue weighted by molar-refractivity contribution is 9.10. The minimum Gasteiger partial charge on any atom is -0.385 e. The van der Waals surface area contributed by atoms with Crippen LogP contribution < -0.4 is 5.32 Å². The van der Waals surface area contributed by atoms with Gasteiger partial charge in [-0.25, -0.2) is 0 Å². The summed E-state index contributed by atoms with van der Waals surface area (Å²) in [4.78, 5) is 0. The van der Waals surface area contributed by atoms with Gasteiger partial charge in [0.1, 0.15) is 0 Å². The molecule has 1 N–H and O–H groups in total. The molecular formula is C14H19BrN2O. The molecule has 0 amide bonds. The summed E-state index contributed by atoms with van der Waals surface area (Å²) in [7, 11) is 0. The van der Waals surface area contributed by atoms with Crippen LogP contribution in [0.2, 0.25) is 0 Å². The quantitative estimate of drug-likeness (QED) is 0.740. The second-order valence-corrected chi connectivity index (χ2v) is 5.00. The fourth-order valence-corrected chi connectivity index (χ4v) is 2.00. The molecule has 3 nitrogen and oxygen atoms in total. The Morgan fingerprint density at radius 1 is 1.28 bits per heavy atom. The zero-order chi connectivity index (χ0) is 13.2. The lowest BCUT2D eigenvalue weighted by Gasteiger charge is -2.08. The van der Waals surface area contributed by atoms with E-state index < -0.39 is 0 Å². The Bertz CT molecular complexity index is 401. The topological polar surface area (TPSA) is 45.0 Å². The lowest BCUT2D eigenvalue weighted by molar-refractivity contribution is 0.131. The fraction of sp³-hybridized carbons (Fsp3) is 0.500. The van der Waals surface area contributed by atoms with Crippen LogP contribution in [0.4, 0.5) is 5.69 Å². The van der Waals surface area contributed by atoms with Gasteiger partial charge in [-0.15, -0.1) is 0 Å². The summed E-state index contributed by atoms with van der Waals surface area (Å²) in [6, 6.07) is 7.76. The van der Waals surface area contributed by atoms with Crippen LogP contribution in [0.5, 0.6) is 0 Å². The van der Waals surface area contributed by atoms with Crippen LogP contribution in [0.15, 0.2) is 22.7 Å². The van der Waals surface area contributed by atoms with Gasteiger partial charge in [-0.3, -0.25) is 0 Å². The number of anilines is 1. The Hall–Kier alpha value is -1.05. The van der Waals surface area contributed by atoms with E-state index >= 15 is 0 Å². The first-order valence-electron chi connectivity index (χ1n) is 6.28. The molecule has 0 aliphatic carbocycles. The van der Waals surface area contributed by atoms with Crippen LogP contribution in [0.1, 0.15) is 31.7 Å². The van der Waals surface area contributed by atoms with E-state index in [1.165, 1.54) is 6.42 Å². The fourth-order valence-electron chi connectivity index (χ4n) is 1.51. The first-order valence-corrected chi connectivity index (χ1v) is 7.08. The van der Waals surface area contributed by atoms with Crippen molar-refractivity contribution in [3.8, 4) is 6.07 Å². The molecule has 4 heteroatoms. The number of nitrogens with zero attached hydrogens (tertiary/aromatic N) is 1. The molecule has 0 saturated carbocycles. The Kier molecular flexibility index (Phi) is 7.47. The summed E-state index contributed by atoms with van der Waals surface area (Å²) >= 11 is 3.39. The van der Waals surface area contributed by atoms with Gasteiger partial charge in [-0.1, -0.05) is 29.3 Å². The van der Waals surface area contributed by atoms with Crippen LogP contribution in [-0.2, 0) is 4.74 Å². The lowest BCUT2D eigenvalue weighted by Crippen LogP contribution is -2.06. The van der Waals surface area contributed by atoms with Crippen LogP contribution >= 0.6 is 15.9 Å². The van der Waals surface area contributed by atoms with Crippen LogP contribution in [0.25, 0.3) is 0 Å². The number of nitrogens with one attached hydrogen (secondary N) is 1. The van der Waals surface area contributed by atoms with Gasteiger partial charge in [0.15, 0.2) is 0 Å². The molecule has 0 aliphatic rings. The number of nitriles is 1. The van der Waals surface area contributed by atoms with Gasteiger partial charge in [0.25, 0.3) is 0 Å². The van der Waals surface area contributed by atoms with E-state index in [4.69, 9.17) is 10.00 Å². The predicted octanol–water partition coefficient (Wildman–Crippen LogP) is 3.94. The molecule has 1 aromatic carbocycles. The van der Waals surface area contributed by atoms with Crippen molar-refractivity contribution in [3.05, 3.63) is 28.2 Å². The predicted molar refractivity (Wildman–Crippen MR) is 77.7 cm³/mol. The summed E-state index contributed by atoms with van der Waals surface area (Å²) in [5.74, 6) is 0. The van der Waals surface area contributed by atoms with Crippen LogP contribution in [0.3, 0.4) is 0 Å². The average molecular weight is 311 g/mol. The summed E-state index contributed by atoms with van der Waals surface area (Å²) in [6.07, 6.45) is 3.27.